The summed E-state index contributed by atoms with van der Waals surface area (Å²) in [6.45, 7) is 0. The summed E-state index contributed by atoms with van der Waals surface area (Å²) in [5.41, 5.74) is 14.1. The molecular weight excluding hydrogens is 709 g/mol. The van der Waals surface area contributed by atoms with Crippen LogP contribution in [0.2, 0.25) is 0 Å². The maximum absolute atomic E-state index is 2.45. The van der Waals surface area contributed by atoms with E-state index < -0.39 is 0 Å². The maximum Gasteiger partial charge on any atom is 0.0562 e. The van der Waals surface area contributed by atoms with Gasteiger partial charge in [0.2, 0.25) is 0 Å². The van der Waals surface area contributed by atoms with E-state index in [1.54, 1.807) is 0 Å². The zero-order chi connectivity index (χ0) is 37.7. The van der Waals surface area contributed by atoms with Crippen molar-refractivity contribution in [1.82, 2.24) is 4.57 Å². The first-order chi connectivity index (χ1) is 28.3. The molecule has 0 spiro atoms. The molecule has 0 unspecified atom stereocenters. The molecular formula is C54H36N2S. The molecule has 268 valence electrons. The number of aromatic nitrogens is 1. The molecule has 0 amide bonds. The van der Waals surface area contributed by atoms with Crippen molar-refractivity contribution in [3.05, 3.63) is 218 Å². The molecule has 11 rings (SSSR count). The van der Waals surface area contributed by atoms with Crippen molar-refractivity contribution in [2.45, 2.75) is 0 Å². The molecule has 0 saturated carbocycles. The highest BCUT2D eigenvalue weighted by Crippen LogP contribution is 2.47. The predicted molar refractivity (Wildman–Crippen MR) is 245 cm³/mol. The molecule has 0 aliphatic heterocycles. The van der Waals surface area contributed by atoms with Crippen LogP contribution < -0.4 is 4.90 Å². The molecule has 0 atom stereocenters. The lowest BCUT2D eigenvalue weighted by atomic mass is 9.96. The number of fused-ring (bicyclic) bond motifs is 6. The van der Waals surface area contributed by atoms with Crippen LogP contribution in [0.1, 0.15) is 0 Å². The van der Waals surface area contributed by atoms with Crippen molar-refractivity contribution < 1.29 is 0 Å². The molecule has 3 heteroatoms. The van der Waals surface area contributed by atoms with Crippen LogP contribution in [0.15, 0.2) is 218 Å². The molecule has 0 aliphatic rings. The van der Waals surface area contributed by atoms with Gasteiger partial charge in [-0.05, 0) is 100 Å². The smallest absolute Gasteiger partial charge is 0.0562 e. The van der Waals surface area contributed by atoms with Crippen molar-refractivity contribution in [3.63, 3.8) is 0 Å². The molecule has 2 aromatic heterocycles. The highest BCUT2D eigenvalue weighted by atomic mass is 32.1. The third-order valence-corrected chi connectivity index (χ3v) is 12.3. The Bertz CT molecular complexity index is 3220. The van der Waals surface area contributed by atoms with E-state index in [0.29, 0.717) is 0 Å². The number of rotatable bonds is 7. The van der Waals surface area contributed by atoms with Gasteiger partial charge in [0.15, 0.2) is 0 Å². The van der Waals surface area contributed by atoms with E-state index in [1.165, 1.54) is 69.8 Å². The highest BCUT2D eigenvalue weighted by molar-refractivity contribution is 7.26. The highest BCUT2D eigenvalue weighted by Gasteiger charge is 2.22. The second-order valence-electron chi connectivity index (χ2n) is 14.5. The second-order valence-corrected chi connectivity index (χ2v) is 15.6. The van der Waals surface area contributed by atoms with Gasteiger partial charge in [-0.1, -0.05) is 152 Å². The van der Waals surface area contributed by atoms with Gasteiger partial charge in [-0.2, -0.15) is 0 Å². The van der Waals surface area contributed by atoms with E-state index in [1.807, 2.05) is 11.3 Å². The van der Waals surface area contributed by atoms with Crippen LogP contribution in [0.5, 0.6) is 0 Å². The third-order valence-electron chi connectivity index (χ3n) is 11.2. The lowest BCUT2D eigenvalue weighted by Crippen LogP contribution is -2.10. The summed E-state index contributed by atoms with van der Waals surface area (Å²) >= 11 is 1.86. The Morgan fingerprint density at radius 2 is 0.947 bits per heavy atom. The van der Waals surface area contributed by atoms with Gasteiger partial charge in [0, 0.05) is 48.0 Å². The van der Waals surface area contributed by atoms with Gasteiger partial charge >= 0.3 is 0 Å². The van der Waals surface area contributed by atoms with Crippen LogP contribution >= 0.6 is 11.3 Å². The largest absolute Gasteiger partial charge is 0.310 e. The molecule has 0 aliphatic carbocycles. The van der Waals surface area contributed by atoms with E-state index in [0.717, 1.165) is 28.3 Å². The summed E-state index contributed by atoms with van der Waals surface area (Å²) in [6.07, 6.45) is 0. The van der Waals surface area contributed by atoms with Crippen molar-refractivity contribution in [2.24, 2.45) is 0 Å². The topological polar surface area (TPSA) is 8.17 Å². The summed E-state index contributed by atoms with van der Waals surface area (Å²) in [4.78, 5) is 2.45. The van der Waals surface area contributed by atoms with E-state index in [9.17, 15) is 0 Å². The van der Waals surface area contributed by atoms with Gasteiger partial charge < -0.3 is 9.47 Å². The standard InChI is InChI=1S/C54H36N2S/c1-4-15-37(16-5-1)39-29-31-43(32-30-39)55(49-26-14-28-52-54(49)47-23-10-11-27-51(47)57-52)44-33-34-46-50(36-44)56(42-21-8-3-9-22-42)48-25-13-24-45(53(46)48)41-20-12-19-40(35-41)38-17-6-2-7-18-38/h1-36H. The van der Waals surface area contributed by atoms with Crippen LogP contribution in [-0.4, -0.2) is 4.57 Å². The molecule has 0 N–H and O–H groups in total. The lowest BCUT2D eigenvalue weighted by molar-refractivity contribution is 1.18. The Kier molecular flexibility index (Phi) is 8.04. The zero-order valence-corrected chi connectivity index (χ0v) is 31.9. The first-order valence-electron chi connectivity index (χ1n) is 19.4. The molecule has 11 aromatic rings. The van der Waals surface area contributed by atoms with Gasteiger partial charge in [-0.15, -0.1) is 11.3 Å². The van der Waals surface area contributed by atoms with Gasteiger partial charge in [0.1, 0.15) is 0 Å². The quantitative estimate of drug-likeness (QED) is 0.158. The third kappa shape index (κ3) is 5.71. The van der Waals surface area contributed by atoms with Gasteiger partial charge in [0.25, 0.3) is 0 Å². The molecule has 9 aromatic carbocycles. The van der Waals surface area contributed by atoms with E-state index >= 15 is 0 Å². The summed E-state index contributed by atoms with van der Waals surface area (Å²) in [5, 5.41) is 5.02. The Balaban J connectivity index is 1.16. The summed E-state index contributed by atoms with van der Waals surface area (Å²) in [6, 6.07) is 79.4. The molecule has 0 fully saturated rings. The van der Waals surface area contributed by atoms with E-state index in [2.05, 4.69) is 228 Å². The number of thiophene rings is 1. The number of nitrogens with zero attached hydrogens (tertiary/aromatic N) is 2. The normalized spacial score (nSPS) is 11.5. The summed E-state index contributed by atoms with van der Waals surface area (Å²) in [5.74, 6) is 0. The van der Waals surface area contributed by atoms with Crippen molar-refractivity contribution in [3.8, 4) is 39.1 Å². The second kappa shape index (κ2) is 13.8. The van der Waals surface area contributed by atoms with E-state index in [-0.39, 0.29) is 0 Å². The predicted octanol–water partition coefficient (Wildman–Crippen LogP) is 15.6. The Morgan fingerprint density at radius 1 is 0.351 bits per heavy atom. The number of hydrogen-bond donors (Lipinski definition) is 0. The first kappa shape index (κ1) is 33.2. The monoisotopic (exact) mass is 744 g/mol. The van der Waals surface area contributed by atoms with Crippen LogP contribution in [0.25, 0.3) is 81.0 Å². The number of benzene rings is 9. The van der Waals surface area contributed by atoms with E-state index in [4.69, 9.17) is 0 Å². The molecule has 0 radical (unpaired) electrons. The number of anilines is 3. The van der Waals surface area contributed by atoms with Crippen LogP contribution in [-0.2, 0) is 0 Å². The van der Waals surface area contributed by atoms with Crippen molar-refractivity contribution in [2.75, 3.05) is 4.90 Å². The fraction of sp³-hybridized carbons (Fsp3) is 0. The molecule has 57 heavy (non-hydrogen) atoms. The maximum atomic E-state index is 2.45. The fourth-order valence-electron chi connectivity index (χ4n) is 8.59. The van der Waals surface area contributed by atoms with Gasteiger partial charge in [-0.25, -0.2) is 0 Å². The number of hydrogen-bond acceptors (Lipinski definition) is 2. The summed E-state index contributed by atoms with van der Waals surface area (Å²) < 4.78 is 5.01. The Hall–Kier alpha value is -7.20. The average molecular weight is 745 g/mol. The lowest BCUT2D eigenvalue weighted by Gasteiger charge is -2.27. The minimum absolute atomic E-state index is 1.10. The van der Waals surface area contributed by atoms with Crippen LogP contribution in [0.4, 0.5) is 17.1 Å². The average Bonchev–Trinajstić information content (AvgIpc) is 3.84. The Labute approximate surface area is 335 Å². The molecule has 0 bridgehead atoms. The molecule has 2 nitrogen and oxygen atoms in total. The molecule has 2 heterocycles. The SMILES string of the molecule is c1ccc(-c2ccc(N(c3ccc4c5c(-c6cccc(-c7ccccc7)c6)cccc5n(-c5ccccc5)c4c3)c3cccc4sc5ccccc5c34)cc2)cc1. The van der Waals surface area contributed by atoms with Gasteiger partial charge in [0.05, 0.1) is 16.7 Å². The first-order valence-corrected chi connectivity index (χ1v) is 20.2. The van der Waals surface area contributed by atoms with Crippen molar-refractivity contribution in [1.29, 1.82) is 0 Å². The molecule has 0 saturated heterocycles. The van der Waals surface area contributed by atoms with Gasteiger partial charge in [-0.3, -0.25) is 0 Å². The summed E-state index contributed by atoms with van der Waals surface area (Å²) in [7, 11) is 0. The minimum Gasteiger partial charge on any atom is -0.310 e. The minimum atomic E-state index is 1.10. The van der Waals surface area contributed by atoms with Crippen LogP contribution in [0.3, 0.4) is 0 Å². The number of para-hydroxylation sites is 1. The van der Waals surface area contributed by atoms with Crippen molar-refractivity contribution >= 4 is 70.4 Å². The fourth-order valence-corrected chi connectivity index (χ4v) is 9.72. The van der Waals surface area contributed by atoms with Crippen LogP contribution in [0, 0.1) is 0 Å². The zero-order valence-electron chi connectivity index (χ0n) is 31.1. The Morgan fingerprint density at radius 3 is 1.74 bits per heavy atom.